The average molecular weight is 297 g/mol. The zero-order chi connectivity index (χ0) is 15.2. The molecule has 0 aromatic carbocycles. The monoisotopic (exact) mass is 297 g/mol. The van der Waals surface area contributed by atoms with Crippen molar-refractivity contribution in [3.8, 4) is 0 Å². The summed E-state index contributed by atoms with van der Waals surface area (Å²) in [5.41, 5.74) is 0.144. The van der Waals surface area contributed by atoms with Gasteiger partial charge in [-0.1, -0.05) is 12.8 Å². The van der Waals surface area contributed by atoms with Crippen LogP contribution in [0, 0.1) is 5.92 Å². The van der Waals surface area contributed by atoms with Crippen molar-refractivity contribution in [3.05, 3.63) is 23.7 Å². The SMILES string of the molecule is CC(C)n1c(CCC2CC2)nc2cc(C(F)(F)F)cnc21. The molecule has 1 aliphatic carbocycles. The molecule has 1 fully saturated rings. The lowest BCUT2D eigenvalue weighted by atomic mass is 10.2. The molecule has 3 nitrogen and oxygen atoms in total. The maximum atomic E-state index is 12.8. The van der Waals surface area contributed by atoms with E-state index in [1.165, 1.54) is 12.8 Å². The van der Waals surface area contributed by atoms with Crippen LogP contribution in [0.5, 0.6) is 0 Å². The number of nitrogens with zero attached hydrogens (tertiary/aromatic N) is 3. The molecule has 1 saturated carbocycles. The molecule has 114 valence electrons. The molecule has 0 amide bonds. The third-order valence-corrected chi connectivity index (χ3v) is 3.92. The van der Waals surface area contributed by atoms with Gasteiger partial charge in [0.05, 0.1) is 5.56 Å². The fraction of sp³-hybridized carbons (Fsp3) is 0.600. The number of hydrogen-bond acceptors (Lipinski definition) is 2. The molecular formula is C15H18F3N3. The van der Waals surface area contributed by atoms with Crippen LogP contribution in [0.3, 0.4) is 0 Å². The second-order valence-corrected chi connectivity index (χ2v) is 6.04. The van der Waals surface area contributed by atoms with E-state index in [1.807, 2.05) is 18.4 Å². The molecule has 0 bridgehead atoms. The van der Waals surface area contributed by atoms with E-state index in [0.29, 0.717) is 11.2 Å². The second-order valence-electron chi connectivity index (χ2n) is 6.04. The summed E-state index contributed by atoms with van der Waals surface area (Å²) in [6, 6.07) is 1.23. The topological polar surface area (TPSA) is 30.7 Å². The number of aryl methyl sites for hydroxylation is 1. The van der Waals surface area contributed by atoms with Crippen molar-refractivity contribution < 1.29 is 13.2 Å². The average Bonchev–Trinajstić information content (AvgIpc) is 3.13. The Labute approximate surface area is 121 Å². The summed E-state index contributed by atoms with van der Waals surface area (Å²) in [6.07, 6.45) is 0.907. The van der Waals surface area contributed by atoms with Crippen LogP contribution in [0.15, 0.2) is 12.3 Å². The van der Waals surface area contributed by atoms with Gasteiger partial charge in [0.25, 0.3) is 0 Å². The van der Waals surface area contributed by atoms with Gasteiger partial charge in [-0.2, -0.15) is 13.2 Å². The predicted molar refractivity (Wildman–Crippen MR) is 74.0 cm³/mol. The standard InChI is InChI=1S/C15H18F3N3/c1-9(2)21-13(6-5-10-3-4-10)20-12-7-11(15(16,17)18)8-19-14(12)21/h7-10H,3-6H2,1-2H3. The number of imidazole rings is 1. The molecule has 0 radical (unpaired) electrons. The minimum absolute atomic E-state index is 0.133. The summed E-state index contributed by atoms with van der Waals surface area (Å²) >= 11 is 0. The van der Waals surface area contributed by atoms with Gasteiger partial charge in [0.2, 0.25) is 0 Å². The van der Waals surface area contributed by atoms with Gasteiger partial charge in [0.15, 0.2) is 5.65 Å². The molecule has 1 aliphatic rings. The van der Waals surface area contributed by atoms with Crippen LogP contribution < -0.4 is 0 Å². The maximum absolute atomic E-state index is 12.8. The Morgan fingerprint density at radius 1 is 1.33 bits per heavy atom. The fourth-order valence-electron chi connectivity index (χ4n) is 2.64. The van der Waals surface area contributed by atoms with E-state index in [2.05, 4.69) is 9.97 Å². The molecule has 3 rings (SSSR count). The van der Waals surface area contributed by atoms with Crippen LogP contribution >= 0.6 is 0 Å². The van der Waals surface area contributed by atoms with E-state index in [4.69, 9.17) is 0 Å². The summed E-state index contributed by atoms with van der Waals surface area (Å²) in [5, 5.41) is 0. The van der Waals surface area contributed by atoms with Crippen LogP contribution in [0.1, 0.15) is 50.5 Å². The Kier molecular flexibility index (Phi) is 3.42. The summed E-state index contributed by atoms with van der Waals surface area (Å²) in [7, 11) is 0. The highest BCUT2D eigenvalue weighted by Crippen LogP contribution is 2.35. The third kappa shape index (κ3) is 2.89. The van der Waals surface area contributed by atoms with E-state index in [9.17, 15) is 13.2 Å². The quantitative estimate of drug-likeness (QED) is 0.838. The van der Waals surface area contributed by atoms with Crippen LogP contribution in [0.4, 0.5) is 13.2 Å². The number of halogens is 3. The molecule has 0 atom stereocenters. The number of alkyl halides is 3. The van der Waals surface area contributed by atoms with Gasteiger partial charge in [-0.25, -0.2) is 9.97 Å². The molecule has 2 aromatic heterocycles. The first-order valence-corrected chi connectivity index (χ1v) is 7.30. The Bertz CT molecular complexity index is 654. The molecule has 0 spiro atoms. The van der Waals surface area contributed by atoms with Crippen molar-refractivity contribution in [2.75, 3.05) is 0 Å². The summed E-state index contributed by atoms with van der Waals surface area (Å²) in [6.45, 7) is 4.00. The molecule has 0 saturated heterocycles. The first kappa shape index (κ1) is 14.4. The number of rotatable bonds is 4. The number of pyridine rings is 1. The molecular weight excluding hydrogens is 279 g/mol. The van der Waals surface area contributed by atoms with E-state index in [1.54, 1.807) is 0 Å². The van der Waals surface area contributed by atoms with Gasteiger partial charge in [0.1, 0.15) is 11.3 Å². The predicted octanol–water partition coefficient (Wildman–Crippen LogP) is 4.37. The molecule has 2 aromatic rings. The number of hydrogen-bond donors (Lipinski definition) is 0. The lowest BCUT2D eigenvalue weighted by Crippen LogP contribution is -2.08. The van der Waals surface area contributed by atoms with Crippen LogP contribution in [-0.2, 0) is 12.6 Å². The Hall–Kier alpha value is -1.59. The number of aromatic nitrogens is 3. The van der Waals surface area contributed by atoms with Gasteiger partial charge >= 0.3 is 6.18 Å². The third-order valence-electron chi connectivity index (χ3n) is 3.92. The highest BCUT2D eigenvalue weighted by atomic mass is 19.4. The largest absolute Gasteiger partial charge is 0.417 e. The second kappa shape index (κ2) is 5.00. The highest BCUT2D eigenvalue weighted by molar-refractivity contribution is 5.72. The smallest absolute Gasteiger partial charge is 0.310 e. The van der Waals surface area contributed by atoms with Crippen molar-refractivity contribution in [1.29, 1.82) is 0 Å². The molecule has 2 heterocycles. The van der Waals surface area contributed by atoms with Crippen LogP contribution in [0.2, 0.25) is 0 Å². The summed E-state index contributed by atoms with van der Waals surface area (Å²) in [4.78, 5) is 8.42. The lowest BCUT2D eigenvalue weighted by Gasteiger charge is -2.12. The summed E-state index contributed by atoms with van der Waals surface area (Å²) < 4.78 is 40.3. The van der Waals surface area contributed by atoms with Gasteiger partial charge in [-0.3, -0.25) is 0 Å². The van der Waals surface area contributed by atoms with Crippen molar-refractivity contribution in [2.45, 2.75) is 51.7 Å². The van der Waals surface area contributed by atoms with Gasteiger partial charge < -0.3 is 4.57 Å². The van der Waals surface area contributed by atoms with Crippen LogP contribution in [0.25, 0.3) is 11.2 Å². The molecule has 0 N–H and O–H groups in total. The Balaban J connectivity index is 2.02. The zero-order valence-corrected chi connectivity index (χ0v) is 12.1. The molecule has 6 heteroatoms. The lowest BCUT2D eigenvalue weighted by molar-refractivity contribution is -0.137. The van der Waals surface area contributed by atoms with Crippen molar-refractivity contribution in [3.63, 3.8) is 0 Å². The first-order valence-electron chi connectivity index (χ1n) is 7.30. The fourth-order valence-corrected chi connectivity index (χ4v) is 2.64. The van der Waals surface area contributed by atoms with E-state index >= 15 is 0 Å². The maximum Gasteiger partial charge on any atom is 0.417 e. The first-order chi connectivity index (χ1) is 9.86. The van der Waals surface area contributed by atoms with Gasteiger partial charge in [-0.15, -0.1) is 0 Å². The van der Waals surface area contributed by atoms with Gasteiger partial charge in [0, 0.05) is 18.7 Å². The van der Waals surface area contributed by atoms with Crippen LogP contribution in [-0.4, -0.2) is 14.5 Å². The minimum atomic E-state index is -4.38. The highest BCUT2D eigenvalue weighted by Gasteiger charge is 2.32. The van der Waals surface area contributed by atoms with E-state index in [-0.39, 0.29) is 6.04 Å². The molecule has 21 heavy (non-hydrogen) atoms. The summed E-state index contributed by atoms with van der Waals surface area (Å²) in [5.74, 6) is 1.61. The van der Waals surface area contributed by atoms with Crippen molar-refractivity contribution >= 4 is 11.2 Å². The van der Waals surface area contributed by atoms with E-state index < -0.39 is 11.7 Å². The van der Waals surface area contributed by atoms with E-state index in [0.717, 1.165) is 36.8 Å². The number of fused-ring (bicyclic) bond motifs is 1. The zero-order valence-electron chi connectivity index (χ0n) is 12.1. The Morgan fingerprint density at radius 3 is 2.62 bits per heavy atom. The normalized spacial score (nSPS) is 16.1. The Morgan fingerprint density at radius 2 is 2.05 bits per heavy atom. The molecule has 0 aliphatic heterocycles. The minimum Gasteiger partial charge on any atom is -0.310 e. The molecule has 0 unspecified atom stereocenters. The van der Waals surface area contributed by atoms with Crippen molar-refractivity contribution in [2.24, 2.45) is 5.92 Å². The van der Waals surface area contributed by atoms with Gasteiger partial charge in [-0.05, 0) is 32.3 Å². The van der Waals surface area contributed by atoms with Crippen molar-refractivity contribution in [1.82, 2.24) is 14.5 Å².